The molecule has 3 aromatic rings. The first kappa shape index (κ1) is 15.2. The third kappa shape index (κ3) is 2.13. The maximum atomic E-state index is 2.31. The molecule has 0 saturated carbocycles. The largest absolute Gasteiger partial charge is 0.0617 e. The first-order chi connectivity index (χ1) is 11.6. The minimum Gasteiger partial charge on any atom is -0.0617 e. The van der Waals surface area contributed by atoms with Crippen molar-refractivity contribution in [3.63, 3.8) is 0 Å². The van der Waals surface area contributed by atoms with Gasteiger partial charge in [-0.25, -0.2) is 0 Å². The number of hydrogen-bond acceptors (Lipinski definition) is 0. The Morgan fingerprint density at radius 1 is 0.542 bits per heavy atom. The van der Waals surface area contributed by atoms with Crippen LogP contribution in [-0.2, 0) is 0 Å². The highest BCUT2D eigenvalue weighted by atomic mass is 14.2. The molecule has 24 heavy (non-hydrogen) atoms. The summed E-state index contributed by atoms with van der Waals surface area (Å²) in [6, 6.07) is 22.4. The number of benzene rings is 3. The Morgan fingerprint density at radius 2 is 1.08 bits per heavy atom. The normalized spacial score (nSPS) is 12.1. The van der Waals surface area contributed by atoms with E-state index in [1.54, 1.807) is 0 Å². The van der Waals surface area contributed by atoms with Crippen LogP contribution in [0.4, 0.5) is 0 Å². The maximum Gasteiger partial charge on any atom is -0.00202 e. The summed E-state index contributed by atoms with van der Waals surface area (Å²) in [4.78, 5) is 0. The lowest BCUT2D eigenvalue weighted by atomic mass is 9.82. The van der Waals surface area contributed by atoms with Crippen LogP contribution in [0.15, 0.2) is 60.7 Å². The molecule has 0 aliphatic heterocycles. The van der Waals surface area contributed by atoms with Gasteiger partial charge in [0.2, 0.25) is 0 Å². The summed E-state index contributed by atoms with van der Waals surface area (Å²) in [5, 5.41) is 5.62. The molecule has 0 saturated heterocycles. The third-order valence-corrected chi connectivity index (χ3v) is 5.19. The minimum atomic E-state index is 0.518. The van der Waals surface area contributed by atoms with Gasteiger partial charge in [-0.3, -0.25) is 0 Å². The van der Waals surface area contributed by atoms with Gasteiger partial charge >= 0.3 is 0 Å². The highest BCUT2D eigenvalue weighted by Crippen LogP contribution is 2.37. The van der Waals surface area contributed by atoms with Gasteiger partial charge in [-0.1, -0.05) is 88.4 Å². The molecule has 0 amide bonds. The molecular weight excluding hydrogens is 288 g/mol. The number of fused-ring (bicyclic) bond motifs is 2. The first-order valence-corrected chi connectivity index (χ1v) is 8.95. The third-order valence-electron chi connectivity index (χ3n) is 5.19. The number of rotatable bonds is 3. The topological polar surface area (TPSA) is 0 Å². The zero-order valence-electron chi connectivity index (χ0n) is 14.9. The van der Waals surface area contributed by atoms with Gasteiger partial charge in [-0.2, -0.15) is 0 Å². The molecule has 0 bridgehead atoms. The Bertz CT molecular complexity index is 1080. The lowest BCUT2D eigenvalue weighted by Crippen LogP contribution is -2.02. The van der Waals surface area contributed by atoms with Crippen LogP contribution >= 0.6 is 0 Å². The molecule has 0 radical (unpaired) electrons. The van der Waals surface area contributed by atoms with Crippen molar-refractivity contribution in [3.8, 4) is 11.1 Å². The summed E-state index contributed by atoms with van der Waals surface area (Å²) in [7, 11) is 0. The summed E-state index contributed by atoms with van der Waals surface area (Å²) in [5.41, 5.74) is 5.77. The highest BCUT2D eigenvalue weighted by Gasteiger charge is 2.18. The second kappa shape index (κ2) is 5.63. The first-order valence-electron chi connectivity index (χ1n) is 8.95. The Kier molecular flexibility index (Phi) is 3.57. The highest BCUT2D eigenvalue weighted by molar-refractivity contribution is 5.74. The van der Waals surface area contributed by atoms with Crippen molar-refractivity contribution in [2.75, 3.05) is 0 Å². The van der Waals surface area contributed by atoms with Crippen LogP contribution in [0.2, 0.25) is 0 Å². The van der Waals surface area contributed by atoms with Gasteiger partial charge in [-0.15, -0.1) is 0 Å². The Morgan fingerprint density at radius 3 is 1.71 bits per heavy atom. The summed E-state index contributed by atoms with van der Waals surface area (Å²) in [5.74, 6) is 1.04. The molecule has 0 heteroatoms. The van der Waals surface area contributed by atoms with Crippen molar-refractivity contribution in [2.45, 2.75) is 39.5 Å². The van der Waals surface area contributed by atoms with Crippen molar-refractivity contribution in [1.29, 1.82) is 0 Å². The van der Waals surface area contributed by atoms with Crippen molar-refractivity contribution in [1.82, 2.24) is 0 Å². The predicted octanol–water partition coefficient (Wildman–Crippen LogP) is 6.49. The summed E-state index contributed by atoms with van der Waals surface area (Å²) >= 11 is 0. The fourth-order valence-electron chi connectivity index (χ4n) is 4.01. The average molecular weight is 312 g/mol. The van der Waals surface area contributed by atoms with Gasteiger partial charge < -0.3 is 0 Å². The van der Waals surface area contributed by atoms with E-state index < -0.39 is 0 Å². The molecule has 0 atom stereocenters. The molecule has 0 aromatic heterocycles. The molecule has 0 fully saturated rings. The second-order valence-corrected chi connectivity index (χ2v) is 7.39. The molecule has 0 N–H and O–H groups in total. The summed E-state index contributed by atoms with van der Waals surface area (Å²) < 4.78 is 0. The summed E-state index contributed by atoms with van der Waals surface area (Å²) in [6.07, 6.45) is 0. The standard InChI is InChI=1S/C24H24/c1-15(2)17-11-7-12-18(16(3)4)23(17)22-14-8-13-21-19-9-5-6-10-20(19)24(21)22/h5-16H,1-4H3. The van der Waals surface area contributed by atoms with E-state index in [4.69, 9.17) is 0 Å². The van der Waals surface area contributed by atoms with Crippen molar-refractivity contribution >= 4 is 0 Å². The molecule has 120 valence electrons. The van der Waals surface area contributed by atoms with Crippen LogP contribution < -0.4 is 0 Å². The van der Waals surface area contributed by atoms with Crippen molar-refractivity contribution in [2.24, 2.45) is 0 Å². The Balaban J connectivity index is 2.15. The molecule has 1 aliphatic carbocycles. The monoisotopic (exact) mass is 312 g/mol. The molecular formula is C24H24. The summed E-state index contributed by atoms with van der Waals surface area (Å²) in [6.45, 7) is 9.19. The van der Waals surface area contributed by atoms with Crippen LogP contribution in [0.5, 0.6) is 0 Å². The van der Waals surface area contributed by atoms with Gasteiger partial charge in [0, 0.05) is 0 Å². The average Bonchev–Trinajstić information content (AvgIpc) is 2.58. The van der Waals surface area contributed by atoms with Crippen LogP contribution in [-0.4, -0.2) is 0 Å². The van der Waals surface area contributed by atoms with E-state index in [9.17, 15) is 0 Å². The van der Waals surface area contributed by atoms with E-state index in [-0.39, 0.29) is 0 Å². The fraction of sp³-hybridized carbons (Fsp3) is 0.250. The van der Waals surface area contributed by atoms with Crippen LogP contribution in [0, 0.1) is 20.9 Å². The van der Waals surface area contributed by atoms with E-state index in [0.717, 1.165) is 0 Å². The predicted molar refractivity (Wildman–Crippen MR) is 102 cm³/mol. The molecule has 0 heterocycles. The zero-order valence-corrected chi connectivity index (χ0v) is 14.9. The molecule has 0 nitrogen and oxygen atoms in total. The SMILES string of the molecule is CC(C)c1cccc(C(C)C)c1-c1cccc2c1=c1ccccc1=2. The van der Waals surface area contributed by atoms with Crippen molar-refractivity contribution in [3.05, 3.63) is 92.7 Å². The zero-order chi connectivity index (χ0) is 16.8. The van der Waals surface area contributed by atoms with Crippen LogP contribution in [0.1, 0.15) is 50.7 Å². The van der Waals surface area contributed by atoms with E-state index in [1.165, 1.54) is 43.1 Å². The molecule has 3 aromatic carbocycles. The maximum absolute atomic E-state index is 2.31. The molecule has 0 spiro atoms. The Hall–Kier alpha value is -2.34. The fourth-order valence-corrected chi connectivity index (χ4v) is 4.01. The number of hydrogen-bond donors (Lipinski definition) is 0. The molecule has 4 rings (SSSR count). The van der Waals surface area contributed by atoms with Gasteiger partial charge in [0.05, 0.1) is 0 Å². The van der Waals surface area contributed by atoms with Gasteiger partial charge in [-0.05, 0) is 55.0 Å². The quantitative estimate of drug-likeness (QED) is 0.405. The van der Waals surface area contributed by atoms with E-state index >= 15 is 0 Å². The van der Waals surface area contributed by atoms with Crippen LogP contribution in [0.25, 0.3) is 11.1 Å². The van der Waals surface area contributed by atoms with Gasteiger partial charge in [0.25, 0.3) is 0 Å². The van der Waals surface area contributed by atoms with Gasteiger partial charge in [0.1, 0.15) is 0 Å². The molecule has 1 aliphatic rings. The molecule has 0 unspecified atom stereocenters. The van der Waals surface area contributed by atoms with Crippen molar-refractivity contribution < 1.29 is 0 Å². The lowest BCUT2D eigenvalue weighted by Gasteiger charge is -2.21. The lowest BCUT2D eigenvalue weighted by molar-refractivity contribution is 0.837. The smallest absolute Gasteiger partial charge is 0.00202 e. The van der Waals surface area contributed by atoms with E-state index in [0.29, 0.717) is 11.8 Å². The Labute approximate surface area is 143 Å². The minimum absolute atomic E-state index is 0.518. The van der Waals surface area contributed by atoms with Gasteiger partial charge in [0.15, 0.2) is 0 Å². The second-order valence-electron chi connectivity index (χ2n) is 7.39. The van der Waals surface area contributed by atoms with E-state index in [2.05, 4.69) is 88.4 Å². The van der Waals surface area contributed by atoms with Crippen LogP contribution in [0.3, 0.4) is 0 Å². The van der Waals surface area contributed by atoms with E-state index in [1.807, 2.05) is 0 Å².